The van der Waals surface area contributed by atoms with Gasteiger partial charge in [-0.05, 0) is 31.2 Å². The Hall–Kier alpha value is -1.68. The molecule has 1 atom stereocenters. The van der Waals surface area contributed by atoms with Gasteiger partial charge in [-0.2, -0.15) is 0 Å². The third kappa shape index (κ3) is 3.16. The Morgan fingerprint density at radius 2 is 1.90 bits per heavy atom. The second-order valence-corrected chi connectivity index (χ2v) is 5.79. The van der Waals surface area contributed by atoms with Gasteiger partial charge in [0.2, 0.25) is 0 Å². The first-order valence-corrected chi connectivity index (χ1v) is 7.51. The maximum absolute atomic E-state index is 13.2. The molecule has 0 fully saturated rings. The molecule has 2 aromatic rings. The van der Waals surface area contributed by atoms with Crippen molar-refractivity contribution >= 4 is 0 Å². The second-order valence-electron chi connectivity index (χ2n) is 5.79. The van der Waals surface area contributed by atoms with Gasteiger partial charge in [0.05, 0.1) is 6.04 Å². The molecular formula is C17H24FN3. The molecule has 0 saturated heterocycles. The number of hydrogen-bond donors (Lipinski definition) is 1. The summed E-state index contributed by atoms with van der Waals surface area (Å²) in [6, 6.07) is 6.83. The molecule has 0 spiro atoms. The smallest absolute Gasteiger partial charge is 0.126 e. The highest BCUT2D eigenvalue weighted by Gasteiger charge is 2.34. The maximum Gasteiger partial charge on any atom is 0.126 e. The van der Waals surface area contributed by atoms with Gasteiger partial charge < -0.3 is 9.88 Å². The van der Waals surface area contributed by atoms with E-state index in [1.54, 1.807) is 0 Å². The highest BCUT2D eigenvalue weighted by Crippen LogP contribution is 2.36. The van der Waals surface area contributed by atoms with Crippen molar-refractivity contribution in [1.82, 2.24) is 14.9 Å². The van der Waals surface area contributed by atoms with Crippen molar-refractivity contribution in [1.29, 1.82) is 0 Å². The summed E-state index contributed by atoms with van der Waals surface area (Å²) in [5, 5.41) is 3.54. The molecule has 0 aliphatic rings. The zero-order valence-corrected chi connectivity index (χ0v) is 13.2. The summed E-state index contributed by atoms with van der Waals surface area (Å²) in [6.45, 7) is 10.3. The van der Waals surface area contributed by atoms with E-state index < -0.39 is 0 Å². The van der Waals surface area contributed by atoms with Crippen molar-refractivity contribution in [2.75, 3.05) is 6.54 Å². The summed E-state index contributed by atoms with van der Waals surface area (Å²) in [4.78, 5) is 4.54. The van der Waals surface area contributed by atoms with E-state index in [1.165, 1.54) is 12.1 Å². The average molecular weight is 289 g/mol. The van der Waals surface area contributed by atoms with E-state index in [0.717, 1.165) is 24.5 Å². The predicted octanol–water partition coefficient (Wildman–Crippen LogP) is 3.67. The third-order valence-corrected chi connectivity index (χ3v) is 4.06. The van der Waals surface area contributed by atoms with Crippen LogP contribution in [0.4, 0.5) is 4.39 Å². The van der Waals surface area contributed by atoms with Crippen molar-refractivity contribution in [2.45, 2.75) is 45.7 Å². The van der Waals surface area contributed by atoms with Crippen molar-refractivity contribution < 1.29 is 4.39 Å². The molecule has 1 aromatic carbocycles. The number of aromatic nitrogens is 2. The van der Waals surface area contributed by atoms with Crippen molar-refractivity contribution in [2.24, 2.45) is 0 Å². The first-order chi connectivity index (χ1) is 10.0. The zero-order valence-electron chi connectivity index (χ0n) is 13.2. The lowest BCUT2D eigenvalue weighted by atomic mass is 9.77. The van der Waals surface area contributed by atoms with Gasteiger partial charge in [0.1, 0.15) is 11.6 Å². The Morgan fingerprint density at radius 1 is 1.24 bits per heavy atom. The van der Waals surface area contributed by atoms with Crippen LogP contribution in [0.5, 0.6) is 0 Å². The van der Waals surface area contributed by atoms with Crippen LogP contribution in [-0.2, 0) is 12.0 Å². The largest absolute Gasteiger partial charge is 0.334 e. The summed E-state index contributed by atoms with van der Waals surface area (Å²) in [5.41, 5.74) is 0.905. The van der Waals surface area contributed by atoms with Gasteiger partial charge in [0.25, 0.3) is 0 Å². The lowest BCUT2D eigenvalue weighted by Gasteiger charge is -2.35. The minimum absolute atomic E-state index is 0.0721. The Morgan fingerprint density at radius 3 is 2.48 bits per heavy atom. The number of aryl methyl sites for hydroxylation is 1. The molecule has 3 nitrogen and oxygen atoms in total. The number of halogens is 1. The third-order valence-electron chi connectivity index (χ3n) is 4.06. The quantitative estimate of drug-likeness (QED) is 0.879. The zero-order chi connectivity index (χ0) is 15.5. The van der Waals surface area contributed by atoms with E-state index in [0.29, 0.717) is 0 Å². The topological polar surface area (TPSA) is 29.9 Å². The van der Waals surface area contributed by atoms with E-state index >= 15 is 0 Å². The van der Waals surface area contributed by atoms with Crippen LogP contribution < -0.4 is 5.32 Å². The monoisotopic (exact) mass is 289 g/mol. The van der Waals surface area contributed by atoms with Crippen LogP contribution in [0.2, 0.25) is 0 Å². The molecule has 2 rings (SSSR count). The Labute approximate surface area is 126 Å². The van der Waals surface area contributed by atoms with Crippen LogP contribution in [0.15, 0.2) is 36.7 Å². The van der Waals surface area contributed by atoms with Crippen molar-refractivity contribution in [3.63, 3.8) is 0 Å². The predicted molar refractivity (Wildman–Crippen MR) is 83.7 cm³/mol. The highest BCUT2D eigenvalue weighted by molar-refractivity contribution is 5.28. The van der Waals surface area contributed by atoms with Gasteiger partial charge in [-0.3, -0.25) is 0 Å². The molecule has 21 heavy (non-hydrogen) atoms. The summed E-state index contributed by atoms with van der Waals surface area (Å²) in [5.74, 6) is 0.818. The standard InChI is InChI=1S/C17H24FN3/c1-5-19-15(16-20-11-12-21(16)6-2)17(3,4)13-7-9-14(18)10-8-13/h7-12,15,19H,5-6H2,1-4H3. The van der Waals surface area contributed by atoms with Gasteiger partial charge >= 0.3 is 0 Å². The molecule has 1 heterocycles. The van der Waals surface area contributed by atoms with Crippen LogP contribution >= 0.6 is 0 Å². The van der Waals surface area contributed by atoms with Crippen LogP contribution in [0.3, 0.4) is 0 Å². The minimum Gasteiger partial charge on any atom is -0.334 e. The molecule has 114 valence electrons. The van der Waals surface area contributed by atoms with Gasteiger partial charge in [-0.1, -0.05) is 32.9 Å². The molecule has 0 saturated carbocycles. The summed E-state index contributed by atoms with van der Waals surface area (Å²) >= 11 is 0. The van der Waals surface area contributed by atoms with Gasteiger partial charge in [0, 0.05) is 24.4 Å². The Kier molecular flexibility index (Phi) is 4.78. The van der Waals surface area contributed by atoms with Crippen LogP contribution in [0, 0.1) is 5.82 Å². The minimum atomic E-state index is -0.204. The number of nitrogens with one attached hydrogen (secondary N) is 1. The molecule has 0 aliphatic heterocycles. The first kappa shape index (κ1) is 15.7. The second kappa shape index (κ2) is 6.39. The molecule has 1 aromatic heterocycles. The molecule has 0 aliphatic carbocycles. The number of hydrogen-bond acceptors (Lipinski definition) is 2. The SMILES string of the molecule is CCNC(c1nccn1CC)C(C)(C)c1ccc(F)cc1. The summed E-state index contributed by atoms with van der Waals surface area (Å²) in [6.07, 6.45) is 3.84. The number of imidazole rings is 1. The highest BCUT2D eigenvalue weighted by atomic mass is 19.1. The first-order valence-electron chi connectivity index (χ1n) is 7.51. The maximum atomic E-state index is 13.2. The molecule has 1 unspecified atom stereocenters. The molecule has 1 N–H and O–H groups in total. The fourth-order valence-electron chi connectivity index (χ4n) is 2.77. The van der Waals surface area contributed by atoms with E-state index in [4.69, 9.17) is 0 Å². The fraction of sp³-hybridized carbons (Fsp3) is 0.471. The lowest BCUT2D eigenvalue weighted by Crippen LogP contribution is -2.39. The Balaban J connectivity index is 2.43. The Bertz CT molecular complexity index is 572. The van der Waals surface area contributed by atoms with Gasteiger partial charge in [-0.15, -0.1) is 0 Å². The summed E-state index contributed by atoms with van der Waals surface area (Å²) in [7, 11) is 0. The molecule has 0 radical (unpaired) electrons. The molecule has 0 bridgehead atoms. The average Bonchev–Trinajstić information content (AvgIpc) is 2.93. The normalized spacial score (nSPS) is 13.4. The van der Waals surface area contributed by atoms with Gasteiger partial charge in [0.15, 0.2) is 0 Å². The van der Waals surface area contributed by atoms with Crippen molar-refractivity contribution in [3.05, 3.63) is 53.9 Å². The van der Waals surface area contributed by atoms with Crippen LogP contribution in [0.1, 0.15) is 45.1 Å². The fourth-order valence-corrected chi connectivity index (χ4v) is 2.77. The number of rotatable bonds is 6. The molecule has 0 amide bonds. The van der Waals surface area contributed by atoms with E-state index in [-0.39, 0.29) is 17.3 Å². The lowest BCUT2D eigenvalue weighted by molar-refractivity contribution is 0.330. The molecular weight excluding hydrogens is 265 g/mol. The van der Waals surface area contributed by atoms with E-state index in [2.05, 4.69) is 42.6 Å². The van der Waals surface area contributed by atoms with Crippen LogP contribution in [0.25, 0.3) is 0 Å². The van der Waals surface area contributed by atoms with Crippen LogP contribution in [-0.4, -0.2) is 16.1 Å². The van der Waals surface area contributed by atoms with Gasteiger partial charge in [-0.25, -0.2) is 9.37 Å². The number of likely N-dealkylation sites (N-methyl/N-ethyl adjacent to an activating group) is 1. The molecule has 4 heteroatoms. The van der Waals surface area contributed by atoms with E-state index in [1.807, 2.05) is 24.5 Å². The number of nitrogens with zero attached hydrogens (tertiary/aromatic N) is 2. The van der Waals surface area contributed by atoms with E-state index in [9.17, 15) is 4.39 Å². The summed E-state index contributed by atoms with van der Waals surface area (Å²) < 4.78 is 15.3. The number of benzene rings is 1. The van der Waals surface area contributed by atoms with Crippen molar-refractivity contribution in [3.8, 4) is 0 Å².